The summed E-state index contributed by atoms with van der Waals surface area (Å²) in [7, 11) is 0. The number of rotatable bonds is 4. The monoisotopic (exact) mass is 292 g/mol. The number of fused-ring (bicyclic) bond motifs is 1. The number of imidazole rings is 1. The minimum Gasteiger partial charge on any atom is -0.352 e. The number of nitrogens with zero attached hydrogens (tertiary/aromatic N) is 3. The Morgan fingerprint density at radius 2 is 2.30 bits per heavy atom. The lowest BCUT2D eigenvalue weighted by atomic mass is 9.92. The van der Waals surface area contributed by atoms with E-state index in [0.29, 0.717) is 6.04 Å². The third-order valence-corrected chi connectivity index (χ3v) is 5.28. The lowest BCUT2D eigenvalue weighted by Gasteiger charge is -2.38. The third-order valence-electron chi connectivity index (χ3n) is 4.53. The zero-order valence-electron chi connectivity index (χ0n) is 12.6. The van der Waals surface area contributed by atoms with E-state index in [1.807, 2.05) is 0 Å². The summed E-state index contributed by atoms with van der Waals surface area (Å²) in [5.74, 6) is 1.94. The standard InChI is InChI=1S/C15H24N4S/c1-4-16-10-13-14(17-15-19(13)8-9-20-15)18-7-5-6-11(2)12(18)3/h8-9,11-12,16H,4-7,10H2,1-3H3. The summed E-state index contributed by atoms with van der Waals surface area (Å²) in [4.78, 5) is 8.53. The molecule has 2 aromatic rings. The summed E-state index contributed by atoms with van der Waals surface area (Å²) in [5.41, 5.74) is 1.31. The fourth-order valence-electron chi connectivity index (χ4n) is 3.09. The van der Waals surface area contributed by atoms with Crippen LogP contribution in [0.25, 0.3) is 4.96 Å². The SMILES string of the molecule is CCNCc1c(N2CCCC(C)C2C)nc2sccn12. The van der Waals surface area contributed by atoms with E-state index in [4.69, 9.17) is 4.98 Å². The highest BCUT2D eigenvalue weighted by atomic mass is 32.1. The Morgan fingerprint density at radius 3 is 3.10 bits per heavy atom. The van der Waals surface area contributed by atoms with Crippen molar-refractivity contribution in [2.24, 2.45) is 5.92 Å². The molecular weight excluding hydrogens is 268 g/mol. The van der Waals surface area contributed by atoms with Crippen molar-refractivity contribution >= 4 is 22.1 Å². The van der Waals surface area contributed by atoms with Gasteiger partial charge in [-0.1, -0.05) is 13.8 Å². The molecule has 0 amide bonds. The molecule has 0 spiro atoms. The number of anilines is 1. The minimum absolute atomic E-state index is 0.578. The van der Waals surface area contributed by atoms with Gasteiger partial charge in [0.2, 0.25) is 0 Å². The summed E-state index contributed by atoms with van der Waals surface area (Å²) in [6.07, 6.45) is 4.75. The molecule has 0 bridgehead atoms. The molecule has 1 fully saturated rings. The third kappa shape index (κ3) is 2.33. The van der Waals surface area contributed by atoms with Crippen molar-refractivity contribution in [3.63, 3.8) is 0 Å². The van der Waals surface area contributed by atoms with Crippen LogP contribution in [-0.4, -0.2) is 28.5 Å². The highest BCUT2D eigenvalue weighted by Gasteiger charge is 2.29. The van der Waals surface area contributed by atoms with Crippen LogP contribution in [-0.2, 0) is 6.54 Å². The van der Waals surface area contributed by atoms with Gasteiger partial charge >= 0.3 is 0 Å². The van der Waals surface area contributed by atoms with Crippen LogP contribution in [0.15, 0.2) is 11.6 Å². The van der Waals surface area contributed by atoms with Gasteiger partial charge in [-0.05, 0) is 32.2 Å². The van der Waals surface area contributed by atoms with Crippen molar-refractivity contribution in [1.82, 2.24) is 14.7 Å². The molecule has 0 aromatic carbocycles. The molecule has 1 aliphatic heterocycles. The average molecular weight is 292 g/mol. The summed E-state index contributed by atoms with van der Waals surface area (Å²) < 4.78 is 2.24. The number of nitrogens with one attached hydrogen (secondary N) is 1. The molecular formula is C15H24N4S. The van der Waals surface area contributed by atoms with Crippen LogP contribution in [0.3, 0.4) is 0 Å². The summed E-state index contributed by atoms with van der Waals surface area (Å²) in [6.45, 7) is 9.87. The first-order chi connectivity index (χ1) is 9.72. The molecule has 2 atom stereocenters. The highest BCUT2D eigenvalue weighted by Crippen LogP contribution is 2.31. The maximum absolute atomic E-state index is 4.90. The number of piperidine rings is 1. The fourth-order valence-corrected chi connectivity index (χ4v) is 3.82. The predicted octanol–water partition coefficient (Wildman–Crippen LogP) is 3.13. The van der Waals surface area contributed by atoms with E-state index in [1.54, 1.807) is 11.3 Å². The molecule has 0 aliphatic carbocycles. The molecule has 110 valence electrons. The molecule has 1 N–H and O–H groups in total. The van der Waals surface area contributed by atoms with Crippen molar-refractivity contribution in [2.45, 2.75) is 46.2 Å². The molecule has 1 saturated heterocycles. The maximum atomic E-state index is 4.90. The number of aromatic nitrogens is 2. The topological polar surface area (TPSA) is 32.6 Å². The van der Waals surface area contributed by atoms with Crippen molar-refractivity contribution < 1.29 is 0 Å². The van der Waals surface area contributed by atoms with Crippen molar-refractivity contribution in [2.75, 3.05) is 18.0 Å². The largest absolute Gasteiger partial charge is 0.352 e. The van der Waals surface area contributed by atoms with Gasteiger partial charge in [0.25, 0.3) is 0 Å². The summed E-state index contributed by atoms with van der Waals surface area (Å²) in [6, 6.07) is 0.578. The number of hydrogen-bond donors (Lipinski definition) is 1. The molecule has 4 nitrogen and oxygen atoms in total. The van der Waals surface area contributed by atoms with Crippen LogP contribution in [0, 0.1) is 5.92 Å². The smallest absolute Gasteiger partial charge is 0.195 e. The minimum atomic E-state index is 0.578. The molecule has 0 radical (unpaired) electrons. The van der Waals surface area contributed by atoms with Crippen molar-refractivity contribution in [3.05, 3.63) is 17.3 Å². The molecule has 3 heterocycles. The van der Waals surface area contributed by atoms with E-state index in [2.05, 4.69) is 47.0 Å². The zero-order valence-corrected chi connectivity index (χ0v) is 13.4. The predicted molar refractivity (Wildman–Crippen MR) is 85.7 cm³/mol. The summed E-state index contributed by atoms with van der Waals surface area (Å²) >= 11 is 1.72. The fraction of sp³-hybridized carbons (Fsp3) is 0.667. The first-order valence-electron chi connectivity index (χ1n) is 7.64. The highest BCUT2D eigenvalue weighted by molar-refractivity contribution is 7.15. The van der Waals surface area contributed by atoms with Crippen LogP contribution in [0.5, 0.6) is 0 Å². The Morgan fingerprint density at radius 1 is 1.45 bits per heavy atom. The van der Waals surface area contributed by atoms with Crippen LogP contribution in [0.2, 0.25) is 0 Å². The Bertz CT molecular complexity index is 573. The van der Waals surface area contributed by atoms with E-state index >= 15 is 0 Å². The van der Waals surface area contributed by atoms with Gasteiger partial charge in [-0.2, -0.15) is 0 Å². The molecule has 1 aliphatic rings. The quantitative estimate of drug-likeness (QED) is 0.939. The van der Waals surface area contributed by atoms with Gasteiger partial charge in [0.05, 0.1) is 5.69 Å². The molecule has 0 saturated carbocycles. The Labute approximate surface area is 124 Å². The van der Waals surface area contributed by atoms with Crippen molar-refractivity contribution in [1.29, 1.82) is 0 Å². The van der Waals surface area contributed by atoms with Gasteiger partial charge in [0, 0.05) is 30.7 Å². The Kier molecular flexibility index (Phi) is 3.98. The van der Waals surface area contributed by atoms with Gasteiger partial charge in [-0.25, -0.2) is 4.98 Å². The van der Waals surface area contributed by atoms with Crippen LogP contribution >= 0.6 is 11.3 Å². The maximum Gasteiger partial charge on any atom is 0.195 e. The lowest BCUT2D eigenvalue weighted by molar-refractivity contribution is 0.361. The molecule has 3 rings (SSSR count). The van der Waals surface area contributed by atoms with Crippen LogP contribution < -0.4 is 10.2 Å². The normalized spacial score (nSPS) is 23.6. The van der Waals surface area contributed by atoms with E-state index in [-0.39, 0.29) is 0 Å². The van der Waals surface area contributed by atoms with Gasteiger partial charge in [0.15, 0.2) is 10.8 Å². The zero-order chi connectivity index (χ0) is 14.1. The van der Waals surface area contributed by atoms with Gasteiger partial charge in [-0.15, -0.1) is 11.3 Å². The number of hydrogen-bond acceptors (Lipinski definition) is 4. The van der Waals surface area contributed by atoms with Crippen LogP contribution in [0.4, 0.5) is 5.82 Å². The van der Waals surface area contributed by atoms with E-state index in [1.165, 1.54) is 24.4 Å². The second-order valence-electron chi connectivity index (χ2n) is 5.77. The second kappa shape index (κ2) is 5.74. The van der Waals surface area contributed by atoms with Crippen LogP contribution in [0.1, 0.15) is 39.3 Å². The first kappa shape index (κ1) is 13.9. The first-order valence-corrected chi connectivity index (χ1v) is 8.52. The van der Waals surface area contributed by atoms with E-state index in [9.17, 15) is 0 Å². The average Bonchev–Trinajstić information content (AvgIpc) is 3.01. The summed E-state index contributed by atoms with van der Waals surface area (Å²) in [5, 5.41) is 5.57. The molecule has 2 unspecified atom stereocenters. The second-order valence-corrected chi connectivity index (χ2v) is 6.64. The lowest BCUT2D eigenvalue weighted by Crippen LogP contribution is -2.43. The Balaban J connectivity index is 1.98. The van der Waals surface area contributed by atoms with Gasteiger partial charge < -0.3 is 10.2 Å². The number of thiazole rings is 1. The molecule has 5 heteroatoms. The van der Waals surface area contributed by atoms with Gasteiger partial charge in [-0.3, -0.25) is 4.40 Å². The van der Waals surface area contributed by atoms with Gasteiger partial charge in [0.1, 0.15) is 0 Å². The van der Waals surface area contributed by atoms with E-state index in [0.717, 1.165) is 30.5 Å². The van der Waals surface area contributed by atoms with E-state index < -0.39 is 0 Å². The molecule has 20 heavy (non-hydrogen) atoms. The molecule has 2 aromatic heterocycles. The van der Waals surface area contributed by atoms with Crippen molar-refractivity contribution in [3.8, 4) is 0 Å². The Hall–Kier alpha value is -1.07.